The Balaban J connectivity index is 2.30. The third kappa shape index (κ3) is 3.00. The molecule has 2 unspecified atom stereocenters. The molecule has 5 heteroatoms. The summed E-state index contributed by atoms with van der Waals surface area (Å²) in [5, 5.41) is 4.17. The van der Waals surface area contributed by atoms with Crippen molar-refractivity contribution in [3.63, 3.8) is 0 Å². The minimum atomic E-state index is -0.664. The van der Waals surface area contributed by atoms with Gasteiger partial charge in [-0.3, -0.25) is 0 Å². The number of halogens is 1. The Kier molecular flexibility index (Phi) is 4.63. The Morgan fingerprint density at radius 1 is 1.58 bits per heavy atom. The average molecular weight is 300 g/mol. The number of methoxy groups -OCH3 is 1. The van der Waals surface area contributed by atoms with Crippen molar-refractivity contribution in [2.45, 2.75) is 30.6 Å². The lowest BCUT2D eigenvalue weighted by Gasteiger charge is -2.40. The van der Waals surface area contributed by atoms with E-state index in [4.69, 9.17) is 16.3 Å². The van der Waals surface area contributed by atoms with Gasteiger partial charge in [-0.1, -0.05) is 24.6 Å². The fraction of sp³-hybridized carbons (Fsp3) is 0.500. The Bertz CT molecular complexity index is 469. The van der Waals surface area contributed by atoms with Gasteiger partial charge in [-0.2, -0.15) is 11.8 Å². The van der Waals surface area contributed by atoms with E-state index < -0.39 is 5.54 Å². The van der Waals surface area contributed by atoms with Gasteiger partial charge in [0.25, 0.3) is 0 Å². The van der Waals surface area contributed by atoms with Gasteiger partial charge in [0.1, 0.15) is 5.54 Å². The Morgan fingerprint density at radius 2 is 2.37 bits per heavy atom. The molecular weight excluding hydrogens is 282 g/mol. The quantitative estimate of drug-likeness (QED) is 0.866. The van der Waals surface area contributed by atoms with Crippen molar-refractivity contribution in [2.75, 3.05) is 18.2 Å². The highest BCUT2D eigenvalue weighted by molar-refractivity contribution is 8.00. The molecule has 0 amide bonds. The number of nitrogens with one attached hydrogen (secondary N) is 1. The van der Waals surface area contributed by atoms with Gasteiger partial charge in [-0.05, 0) is 36.8 Å². The number of carbonyl (C=O) groups is 1. The van der Waals surface area contributed by atoms with Crippen LogP contribution in [0.15, 0.2) is 24.3 Å². The second kappa shape index (κ2) is 6.06. The fourth-order valence-electron chi connectivity index (χ4n) is 2.45. The van der Waals surface area contributed by atoms with Crippen LogP contribution in [-0.2, 0) is 9.53 Å². The van der Waals surface area contributed by atoms with Crippen LogP contribution in [0.4, 0.5) is 5.69 Å². The summed E-state index contributed by atoms with van der Waals surface area (Å²) in [6.45, 7) is 2.07. The molecule has 1 aliphatic rings. The molecular formula is C14H18ClNO2S. The van der Waals surface area contributed by atoms with Gasteiger partial charge in [0.15, 0.2) is 0 Å². The van der Waals surface area contributed by atoms with Crippen LogP contribution in [0.1, 0.15) is 19.8 Å². The molecule has 0 aliphatic carbocycles. The predicted molar refractivity (Wildman–Crippen MR) is 81.0 cm³/mol. The van der Waals surface area contributed by atoms with E-state index in [9.17, 15) is 4.79 Å². The highest BCUT2D eigenvalue weighted by Crippen LogP contribution is 2.37. The Labute approximate surface area is 123 Å². The zero-order valence-corrected chi connectivity index (χ0v) is 12.7. The molecule has 1 aromatic carbocycles. The lowest BCUT2D eigenvalue weighted by atomic mass is 9.89. The number of carbonyl (C=O) groups excluding carboxylic acids is 1. The molecule has 1 fully saturated rings. The minimum absolute atomic E-state index is 0.160. The number of thioether (sulfide) groups is 1. The normalized spacial score (nSPS) is 26.8. The van der Waals surface area contributed by atoms with Crippen LogP contribution in [0.5, 0.6) is 0 Å². The van der Waals surface area contributed by atoms with E-state index in [0.717, 1.165) is 24.3 Å². The number of anilines is 1. The van der Waals surface area contributed by atoms with E-state index in [1.165, 1.54) is 7.11 Å². The number of hydrogen-bond donors (Lipinski definition) is 1. The number of esters is 1. The molecule has 0 saturated carbocycles. The highest BCUT2D eigenvalue weighted by atomic mass is 35.5. The molecule has 1 saturated heterocycles. The number of benzene rings is 1. The molecule has 0 bridgehead atoms. The van der Waals surface area contributed by atoms with Crippen LogP contribution in [0.2, 0.25) is 5.02 Å². The van der Waals surface area contributed by atoms with Gasteiger partial charge in [-0.15, -0.1) is 0 Å². The van der Waals surface area contributed by atoms with Gasteiger partial charge in [0, 0.05) is 16.0 Å². The van der Waals surface area contributed by atoms with Crippen molar-refractivity contribution >= 4 is 35.0 Å². The fourth-order valence-corrected chi connectivity index (χ4v) is 3.86. The highest BCUT2D eigenvalue weighted by Gasteiger charge is 2.46. The van der Waals surface area contributed by atoms with Crippen LogP contribution in [0, 0.1) is 0 Å². The van der Waals surface area contributed by atoms with Gasteiger partial charge < -0.3 is 10.1 Å². The predicted octanol–water partition coefficient (Wildman–Crippen LogP) is 3.58. The standard InChI is InChI=1S/C14H18ClNO2S/c1-10-14(13(17)18-2,7-4-8-19-10)16-12-6-3-5-11(15)9-12/h3,5-6,9-10,16H,4,7-8H2,1-2H3. The summed E-state index contributed by atoms with van der Waals surface area (Å²) >= 11 is 7.79. The summed E-state index contributed by atoms with van der Waals surface area (Å²) < 4.78 is 5.02. The summed E-state index contributed by atoms with van der Waals surface area (Å²) in [7, 11) is 1.44. The maximum atomic E-state index is 12.3. The van der Waals surface area contributed by atoms with Gasteiger partial charge >= 0.3 is 5.97 Å². The van der Waals surface area contributed by atoms with E-state index >= 15 is 0 Å². The van der Waals surface area contributed by atoms with Crippen LogP contribution >= 0.6 is 23.4 Å². The van der Waals surface area contributed by atoms with Crippen LogP contribution < -0.4 is 5.32 Å². The average Bonchev–Trinajstić information content (AvgIpc) is 2.40. The van der Waals surface area contributed by atoms with E-state index in [-0.39, 0.29) is 11.2 Å². The molecule has 0 aromatic heterocycles. The zero-order chi connectivity index (χ0) is 13.9. The zero-order valence-electron chi connectivity index (χ0n) is 11.1. The van der Waals surface area contributed by atoms with Crippen molar-refractivity contribution < 1.29 is 9.53 Å². The topological polar surface area (TPSA) is 38.3 Å². The molecule has 104 valence electrons. The molecule has 1 heterocycles. The molecule has 2 rings (SSSR count). The van der Waals surface area contributed by atoms with Crippen molar-refractivity contribution in [1.82, 2.24) is 0 Å². The van der Waals surface area contributed by atoms with Gasteiger partial charge in [0.05, 0.1) is 7.11 Å². The molecule has 1 aliphatic heterocycles. The first kappa shape index (κ1) is 14.5. The van der Waals surface area contributed by atoms with E-state index in [1.54, 1.807) is 11.8 Å². The number of hydrogen-bond acceptors (Lipinski definition) is 4. The first-order chi connectivity index (χ1) is 9.08. The Morgan fingerprint density at radius 3 is 3.00 bits per heavy atom. The number of rotatable bonds is 3. The summed E-state index contributed by atoms with van der Waals surface area (Å²) in [5.74, 6) is 0.879. The molecule has 1 aromatic rings. The maximum absolute atomic E-state index is 12.3. The van der Waals surface area contributed by atoms with E-state index in [0.29, 0.717) is 5.02 Å². The first-order valence-electron chi connectivity index (χ1n) is 6.32. The second-order valence-electron chi connectivity index (χ2n) is 4.71. The molecule has 0 spiro atoms. The summed E-state index contributed by atoms with van der Waals surface area (Å²) in [6, 6.07) is 7.44. The first-order valence-corrected chi connectivity index (χ1v) is 7.75. The lowest BCUT2D eigenvalue weighted by molar-refractivity contribution is -0.146. The van der Waals surface area contributed by atoms with Crippen LogP contribution in [0.25, 0.3) is 0 Å². The van der Waals surface area contributed by atoms with Crippen LogP contribution in [-0.4, -0.2) is 29.6 Å². The lowest BCUT2D eigenvalue weighted by Crippen LogP contribution is -2.55. The van der Waals surface area contributed by atoms with Gasteiger partial charge in [-0.25, -0.2) is 4.79 Å². The maximum Gasteiger partial charge on any atom is 0.332 e. The smallest absolute Gasteiger partial charge is 0.332 e. The monoisotopic (exact) mass is 299 g/mol. The molecule has 3 nitrogen and oxygen atoms in total. The number of ether oxygens (including phenoxy) is 1. The summed E-state index contributed by atoms with van der Waals surface area (Å²) in [4.78, 5) is 12.3. The van der Waals surface area contributed by atoms with E-state index in [1.807, 2.05) is 24.3 Å². The third-order valence-corrected chi connectivity index (χ3v) is 5.18. The minimum Gasteiger partial charge on any atom is -0.467 e. The van der Waals surface area contributed by atoms with Crippen molar-refractivity contribution in [2.24, 2.45) is 0 Å². The van der Waals surface area contributed by atoms with Crippen molar-refractivity contribution in [3.05, 3.63) is 29.3 Å². The summed E-state index contributed by atoms with van der Waals surface area (Å²) in [5.41, 5.74) is 0.190. The molecule has 0 radical (unpaired) electrons. The van der Waals surface area contributed by atoms with Crippen molar-refractivity contribution in [3.8, 4) is 0 Å². The van der Waals surface area contributed by atoms with Crippen LogP contribution in [0.3, 0.4) is 0 Å². The third-order valence-electron chi connectivity index (χ3n) is 3.52. The van der Waals surface area contributed by atoms with E-state index in [2.05, 4.69) is 12.2 Å². The second-order valence-corrected chi connectivity index (χ2v) is 6.60. The largest absolute Gasteiger partial charge is 0.467 e. The Hall–Kier alpha value is -0.870. The van der Waals surface area contributed by atoms with Gasteiger partial charge in [0.2, 0.25) is 0 Å². The van der Waals surface area contributed by atoms with Crippen molar-refractivity contribution in [1.29, 1.82) is 0 Å². The summed E-state index contributed by atoms with van der Waals surface area (Å²) in [6.07, 6.45) is 1.78. The molecule has 19 heavy (non-hydrogen) atoms. The molecule has 2 atom stereocenters. The SMILES string of the molecule is COC(=O)C1(Nc2cccc(Cl)c2)CCCSC1C. The molecule has 1 N–H and O–H groups in total.